The molecule has 0 radical (unpaired) electrons. The molecule has 4 rings (SSSR count). The molecule has 2 aromatic heterocycles. The fourth-order valence-corrected chi connectivity index (χ4v) is 3.59. The number of fused-ring (bicyclic) bond motifs is 2. The Hall–Kier alpha value is -2.08. The Morgan fingerprint density at radius 3 is 2.85 bits per heavy atom. The van der Waals surface area contributed by atoms with Gasteiger partial charge >= 0.3 is 0 Å². The summed E-state index contributed by atoms with van der Waals surface area (Å²) in [5.41, 5.74) is 9.00. The molecular formula is C14H13N5S. The zero-order valence-corrected chi connectivity index (χ0v) is 11.6. The second-order valence-electron chi connectivity index (χ2n) is 4.84. The first-order chi connectivity index (χ1) is 9.81. The van der Waals surface area contributed by atoms with Crippen LogP contribution in [0.25, 0.3) is 5.78 Å². The summed E-state index contributed by atoms with van der Waals surface area (Å²) < 4.78 is 1.84. The van der Waals surface area contributed by atoms with Crippen molar-refractivity contribution in [2.24, 2.45) is 0 Å². The molecule has 1 aliphatic rings. The van der Waals surface area contributed by atoms with Crippen molar-refractivity contribution in [1.82, 2.24) is 19.6 Å². The lowest BCUT2D eigenvalue weighted by Gasteiger charge is -2.09. The largest absolute Gasteiger partial charge is 0.399 e. The van der Waals surface area contributed by atoms with Crippen LogP contribution in [-0.4, -0.2) is 19.6 Å². The Balaban J connectivity index is 1.85. The van der Waals surface area contributed by atoms with E-state index in [2.05, 4.69) is 15.1 Å². The van der Waals surface area contributed by atoms with Crippen LogP contribution in [-0.2, 0) is 12.8 Å². The predicted molar refractivity (Wildman–Crippen MR) is 77.8 cm³/mol. The highest BCUT2D eigenvalue weighted by Crippen LogP contribution is 2.35. The van der Waals surface area contributed by atoms with E-state index < -0.39 is 0 Å². The number of anilines is 1. The Labute approximate surface area is 120 Å². The highest BCUT2D eigenvalue weighted by atomic mass is 32.2. The van der Waals surface area contributed by atoms with E-state index >= 15 is 0 Å². The van der Waals surface area contributed by atoms with Gasteiger partial charge in [0.2, 0.25) is 0 Å². The summed E-state index contributed by atoms with van der Waals surface area (Å²) in [6.07, 6.45) is 4.82. The van der Waals surface area contributed by atoms with E-state index in [9.17, 15) is 0 Å². The number of nitrogen functional groups attached to an aromatic ring is 1. The molecule has 0 fully saturated rings. The van der Waals surface area contributed by atoms with E-state index in [1.165, 1.54) is 11.3 Å². The molecule has 0 saturated heterocycles. The van der Waals surface area contributed by atoms with Crippen LogP contribution in [0, 0.1) is 0 Å². The van der Waals surface area contributed by atoms with Crippen LogP contribution in [0.5, 0.6) is 0 Å². The lowest BCUT2D eigenvalue weighted by Crippen LogP contribution is -2.02. The van der Waals surface area contributed by atoms with Crippen LogP contribution in [0.1, 0.15) is 17.7 Å². The summed E-state index contributed by atoms with van der Waals surface area (Å²) >= 11 is 1.70. The topological polar surface area (TPSA) is 69.1 Å². The summed E-state index contributed by atoms with van der Waals surface area (Å²) in [6.45, 7) is 0. The maximum absolute atomic E-state index is 5.74. The van der Waals surface area contributed by atoms with Crippen molar-refractivity contribution < 1.29 is 0 Å². The van der Waals surface area contributed by atoms with Gasteiger partial charge in [-0.3, -0.25) is 0 Å². The zero-order valence-electron chi connectivity index (χ0n) is 10.8. The molecule has 0 unspecified atom stereocenters. The third-order valence-corrected chi connectivity index (χ3v) is 4.62. The molecule has 0 atom stereocenters. The minimum Gasteiger partial charge on any atom is -0.399 e. The number of nitrogens with zero attached hydrogens (tertiary/aromatic N) is 4. The number of aryl methyl sites for hydroxylation is 1. The Kier molecular flexibility index (Phi) is 2.63. The van der Waals surface area contributed by atoms with E-state index in [0.29, 0.717) is 5.78 Å². The third-order valence-electron chi connectivity index (χ3n) is 3.50. The van der Waals surface area contributed by atoms with Crippen LogP contribution in [0.2, 0.25) is 0 Å². The molecule has 5 nitrogen and oxygen atoms in total. The quantitative estimate of drug-likeness (QED) is 0.577. The maximum Gasteiger partial charge on any atom is 0.253 e. The molecule has 0 amide bonds. The average Bonchev–Trinajstić information content (AvgIpc) is 3.09. The number of hydrogen-bond acceptors (Lipinski definition) is 5. The molecule has 0 aliphatic heterocycles. The first-order valence-corrected chi connectivity index (χ1v) is 7.38. The first kappa shape index (κ1) is 11.7. The zero-order chi connectivity index (χ0) is 13.5. The van der Waals surface area contributed by atoms with E-state index in [1.807, 2.05) is 28.8 Å². The standard InChI is InChI=1S/C14H13N5S/c15-9-4-6-10(7-5-9)20-13-11-2-1-3-12(11)18-14-16-8-17-19(13)14/h4-8H,1-3,15H2. The molecule has 0 bridgehead atoms. The van der Waals surface area contributed by atoms with Crippen molar-refractivity contribution in [2.75, 3.05) is 5.73 Å². The summed E-state index contributed by atoms with van der Waals surface area (Å²) in [5.74, 6) is 0.684. The van der Waals surface area contributed by atoms with Crippen LogP contribution in [0.3, 0.4) is 0 Å². The van der Waals surface area contributed by atoms with Gasteiger partial charge in [0.05, 0.1) is 5.69 Å². The van der Waals surface area contributed by atoms with Crippen molar-refractivity contribution in [3.63, 3.8) is 0 Å². The van der Waals surface area contributed by atoms with Crippen LogP contribution in [0.4, 0.5) is 5.69 Å². The number of benzene rings is 1. The molecule has 6 heteroatoms. The van der Waals surface area contributed by atoms with Gasteiger partial charge < -0.3 is 5.73 Å². The van der Waals surface area contributed by atoms with Crippen molar-refractivity contribution >= 4 is 23.2 Å². The highest BCUT2D eigenvalue weighted by Gasteiger charge is 2.21. The second kappa shape index (κ2) is 4.49. The summed E-state index contributed by atoms with van der Waals surface area (Å²) in [7, 11) is 0. The smallest absolute Gasteiger partial charge is 0.253 e. The normalized spacial score (nSPS) is 13.8. The molecule has 2 N–H and O–H groups in total. The van der Waals surface area contributed by atoms with E-state index in [-0.39, 0.29) is 0 Å². The minimum absolute atomic E-state index is 0.684. The summed E-state index contributed by atoms with van der Waals surface area (Å²) in [6, 6.07) is 7.90. The number of aromatic nitrogens is 4. The second-order valence-corrected chi connectivity index (χ2v) is 5.90. The Morgan fingerprint density at radius 2 is 2.00 bits per heavy atom. The molecule has 20 heavy (non-hydrogen) atoms. The molecule has 1 aliphatic carbocycles. The molecular weight excluding hydrogens is 270 g/mol. The molecule has 1 aromatic carbocycles. The van der Waals surface area contributed by atoms with Gasteiger partial charge in [-0.15, -0.1) is 0 Å². The van der Waals surface area contributed by atoms with Gasteiger partial charge in [-0.1, -0.05) is 11.8 Å². The maximum atomic E-state index is 5.74. The van der Waals surface area contributed by atoms with Gasteiger partial charge in [0.15, 0.2) is 0 Å². The summed E-state index contributed by atoms with van der Waals surface area (Å²) in [4.78, 5) is 9.96. The van der Waals surface area contributed by atoms with Crippen LogP contribution in [0.15, 0.2) is 40.5 Å². The van der Waals surface area contributed by atoms with Gasteiger partial charge in [-0.2, -0.15) is 14.6 Å². The van der Waals surface area contributed by atoms with Crippen molar-refractivity contribution in [3.05, 3.63) is 41.9 Å². The van der Waals surface area contributed by atoms with Gasteiger partial charge in [0, 0.05) is 16.1 Å². The lowest BCUT2D eigenvalue weighted by molar-refractivity contribution is 0.810. The van der Waals surface area contributed by atoms with Crippen molar-refractivity contribution in [3.8, 4) is 0 Å². The summed E-state index contributed by atoms with van der Waals surface area (Å²) in [5, 5.41) is 5.44. The molecule has 0 saturated carbocycles. The fourth-order valence-electron chi connectivity index (χ4n) is 2.54. The van der Waals surface area contributed by atoms with E-state index in [0.717, 1.165) is 34.9 Å². The Bertz CT molecular complexity index is 778. The van der Waals surface area contributed by atoms with Gasteiger partial charge in [0.1, 0.15) is 11.4 Å². The Morgan fingerprint density at radius 1 is 1.15 bits per heavy atom. The fraction of sp³-hybridized carbons (Fsp3) is 0.214. The number of nitrogens with two attached hydrogens (primary N) is 1. The molecule has 100 valence electrons. The van der Waals surface area contributed by atoms with Crippen LogP contribution < -0.4 is 5.73 Å². The number of hydrogen-bond donors (Lipinski definition) is 1. The monoisotopic (exact) mass is 283 g/mol. The van der Waals surface area contributed by atoms with Crippen molar-refractivity contribution in [2.45, 2.75) is 29.2 Å². The van der Waals surface area contributed by atoms with Gasteiger partial charge in [-0.25, -0.2) is 4.98 Å². The first-order valence-electron chi connectivity index (χ1n) is 6.56. The molecule has 3 aromatic rings. The molecule has 0 spiro atoms. The lowest BCUT2D eigenvalue weighted by atomic mass is 10.3. The predicted octanol–water partition coefficient (Wildman–Crippen LogP) is 2.35. The number of rotatable bonds is 2. The average molecular weight is 283 g/mol. The highest BCUT2D eigenvalue weighted by molar-refractivity contribution is 7.99. The van der Waals surface area contributed by atoms with E-state index in [1.54, 1.807) is 18.1 Å². The minimum atomic E-state index is 0.684. The van der Waals surface area contributed by atoms with Gasteiger partial charge in [-0.05, 0) is 43.5 Å². The molecule has 2 heterocycles. The van der Waals surface area contributed by atoms with E-state index in [4.69, 9.17) is 5.73 Å². The third kappa shape index (κ3) is 1.84. The van der Waals surface area contributed by atoms with Crippen molar-refractivity contribution in [1.29, 1.82) is 0 Å². The van der Waals surface area contributed by atoms with Crippen LogP contribution >= 0.6 is 11.8 Å². The van der Waals surface area contributed by atoms with Gasteiger partial charge in [0.25, 0.3) is 5.78 Å². The SMILES string of the molecule is Nc1ccc(Sc2c3c(nc4ncnn24)CCC3)cc1.